The quantitative estimate of drug-likeness (QED) is 0.690. The summed E-state index contributed by atoms with van der Waals surface area (Å²) in [6.07, 6.45) is 1.81. The van der Waals surface area contributed by atoms with Gasteiger partial charge in [0.15, 0.2) is 0 Å². The number of anilines is 1. The summed E-state index contributed by atoms with van der Waals surface area (Å²) in [5, 5.41) is 12.0. The van der Waals surface area contributed by atoms with E-state index in [2.05, 4.69) is 11.4 Å². The summed E-state index contributed by atoms with van der Waals surface area (Å²) in [7, 11) is 1.61. The first kappa shape index (κ1) is 15.3. The lowest BCUT2D eigenvalue weighted by Crippen LogP contribution is -2.05. The van der Waals surface area contributed by atoms with Crippen LogP contribution in [0.1, 0.15) is 18.1 Å². The molecule has 22 heavy (non-hydrogen) atoms. The number of amides is 1. The number of rotatable bonds is 4. The van der Waals surface area contributed by atoms with Crippen LogP contribution in [0, 0.1) is 11.3 Å². The highest BCUT2D eigenvalue weighted by Crippen LogP contribution is 2.21. The lowest BCUT2D eigenvalue weighted by molar-refractivity contribution is -0.114. The smallest absolute Gasteiger partial charge is 0.221 e. The lowest BCUT2D eigenvalue weighted by atomic mass is 10.0. The maximum atomic E-state index is 11.0. The number of ether oxygens (including phenoxy) is 1. The molecule has 0 aliphatic rings. The molecule has 0 bridgehead atoms. The van der Waals surface area contributed by atoms with Crippen molar-refractivity contribution in [2.75, 3.05) is 12.4 Å². The Balaban J connectivity index is 2.25. The number of methoxy groups -OCH3 is 1. The summed E-state index contributed by atoms with van der Waals surface area (Å²) in [6, 6.07) is 16.8. The number of hydrogen-bond acceptors (Lipinski definition) is 3. The van der Waals surface area contributed by atoms with Crippen molar-refractivity contribution in [3.63, 3.8) is 0 Å². The average molecular weight is 292 g/mol. The molecule has 0 atom stereocenters. The molecular formula is C18H16N2O2. The first-order valence-corrected chi connectivity index (χ1v) is 6.76. The fraction of sp³-hybridized carbons (Fsp3) is 0.111. The van der Waals surface area contributed by atoms with E-state index in [0.717, 1.165) is 16.9 Å². The van der Waals surface area contributed by atoms with E-state index in [4.69, 9.17) is 4.74 Å². The van der Waals surface area contributed by atoms with Crippen LogP contribution in [0.15, 0.2) is 48.5 Å². The van der Waals surface area contributed by atoms with E-state index in [1.54, 1.807) is 19.2 Å². The molecule has 0 saturated heterocycles. The average Bonchev–Trinajstić information content (AvgIpc) is 2.53. The van der Waals surface area contributed by atoms with Crippen molar-refractivity contribution in [2.45, 2.75) is 6.92 Å². The number of allylic oxidation sites excluding steroid dienone is 1. The molecule has 0 fully saturated rings. The van der Waals surface area contributed by atoms with Crippen molar-refractivity contribution in [2.24, 2.45) is 0 Å². The Kier molecular flexibility index (Phi) is 4.94. The topological polar surface area (TPSA) is 62.1 Å². The second-order valence-electron chi connectivity index (χ2n) is 4.70. The molecule has 110 valence electrons. The van der Waals surface area contributed by atoms with E-state index in [1.807, 2.05) is 42.5 Å². The predicted molar refractivity (Wildman–Crippen MR) is 87.2 cm³/mol. The monoisotopic (exact) mass is 292 g/mol. The molecule has 4 nitrogen and oxygen atoms in total. The first-order chi connectivity index (χ1) is 10.6. The van der Waals surface area contributed by atoms with E-state index in [0.29, 0.717) is 11.3 Å². The van der Waals surface area contributed by atoms with Gasteiger partial charge < -0.3 is 10.1 Å². The molecule has 1 N–H and O–H groups in total. The second kappa shape index (κ2) is 7.09. The molecule has 0 aliphatic carbocycles. The van der Waals surface area contributed by atoms with Crippen molar-refractivity contribution in [1.29, 1.82) is 5.26 Å². The maximum Gasteiger partial charge on any atom is 0.221 e. The zero-order chi connectivity index (χ0) is 15.9. The Morgan fingerprint density at radius 1 is 1.14 bits per heavy atom. The number of nitrogens with one attached hydrogen (secondary N) is 1. The van der Waals surface area contributed by atoms with E-state index in [1.165, 1.54) is 6.92 Å². The van der Waals surface area contributed by atoms with Gasteiger partial charge >= 0.3 is 0 Å². The minimum atomic E-state index is -0.123. The van der Waals surface area contributed by atoms with Crippen LogP contribution < -0.4 is 10.1 Å². The standard InChI is InChI=1S/C18H16N2O2/c1-13(21)20-17-7-5-15(6-8-17)16(12-19)11-14-3-9-18(22-2)10-4-14/h3-11H,1-2H3,(H,20,21)/b16-11-. The molecule has 4 heteroatoms. The summed E-state index contributed by atoms with van der Waals surface area (Å²) in [4.78, 5) is 11.0. The van der Waals surface area contributed by atoms with E-state index >= 15 is 0 Å². The van der Waals surface area contributed by atoms with Crippen molar-refractivity contribution in [3.05, 3.63) is 59.7 Å². The normalized spacial score (nSPS) is 10.7. The molecular weight excluding hydrogens is 276 g/mol. The second-order valence-corrected chi connectivity index (χ2v) is 4.70. The van der Waals surface area contributed by atoms with Gasteiger partial charge in [-0.1, -0.05) is 24.3 Å². The lowest BCUT2D eigenvalue weighted by Gasteiger charge is -2.04. The number of benzene rings is 2. The van der Waals surface area contributed by atoms with Crippen LogP contribution in [0.25, 0.3) is 11.6 Å². The van der Waals surface area contributed by atoms with Crippen LogP contribution in [-0.2, 0) is 4.79 Å². The Bertz CT molecular complexity index is 723. The zero-order valence-electron chi connectivity index (χ0n) is 12.5. The van der Waals surface area contributed by atoms with Gasteiger partial charge in [0.25, 0.3) is 0 Å². The number of carbonyl (C=O) groups excluding carboxylic acids is 1. The molecule has 0 unspecified atom stereocenters. The number of nitriles is 1. The van der Waals surface area contributed by atoms with Gasteiger partial charge in [-0.15, -0.1) is 0 Å². The highest BCUT2D eigenvalue weighted by molar-refractivity contribution is 5.91. The van der Waals surface area contributed by atoms with E-state index < -0.39 is 0 Å². The highest BCUT2D eigenvalue weighted by atomic mass is 16.5. The Hall–Kier alpha value is -3.06. The van der Waals surface area contributed by atoms with Crippen molar-refractivity contribution < 1.29 is 9.53 Å². The number of hydrogen-bond donors (Lipinski definition) is 1. The van der Waals surface area contributed by atoms with Crippen LogP contribution in [0.4, 0.5) is 5.69 Å². The summed E-state index contributed by atoms with van der Waals surface area (Å²) in [5.41, 5.74) is 2.98. The van der Waals surface area contributed by atoms with Gasteiger partial charge in [-0.2, -0.15) is 5.26 Å². The van der Waals surface area contributed by atoms with E-state index in [9.17, 15) is 10.1 Å². The van der Waals surface area contributed by atoms with Gasteiger partial charge in [0, 0.05) is 12.6 Å². The molecule has 2 aromatic carbocycles. The van der Waals surface area contributed by atoms with Crippen LogP contribution >= 0.6 is 0 Å². The minimum Gasteiger partial charge on any atom is -0.497 e. The van der Waals surface area contributed by atoms with Crippen molar-refractivity contribution in [1.82, 2.24) is 0 Å². The molecule has 0 aromatic heterocycles. The van der Waals surface area contributed by atoms with Gasteiger partial charge in [0.1, 0.15) is 5.75 Å². The third-order valence-electron chi connectivity index (χ3n) is 3.06. The summed E-state index contributed by atoms with van der Waals surface area (Å²) < 4.78 is 5.11. The SMILES string of the molecule is COc1ccc(/C=C(/C#N)c2ccc(NC(C)=O)cc2)cc1. The third-order valence-corrected chi connectivity index (χ3v) is 3.06. The van der Waals surface area contributed by atoms with Gasteiger partial charge in [-0.05, 0) is 41.5 Å². The fourth-order valence-electron chi connectivity index (χ4n) is 1.98. The molecule has 0 radical (unpaired) electrons. The number of carbonyl (C=O) groups is 1. The molecule has 0 heterocycles. The summed E-state index contributed by atoms with van der Waals surface area (Å²) in [5.74, 6) is 0.650. The van der Waals surface area contributed by atoms with Crippen molar-refractivity contribution in [3.8, 4) is 11.8 Å². The molecule has 2 aromatic rings. The highest BCUT2D eigenvalue weighted by Gasteiger charge is 2.02. The Labute approximate surface area is 129 Å². The van der Waals surface area contributed by atoms with Crippen LogP contribution in [0.5, 0.6) is 5.75 Å². The zero-order valence-corrected chi connectivity index (χ0v) is 12.5. The minimum absolute atomic E-state index is 0.123. The largest absolute Gasteiger partial charge is 0.497 e. The molecule has 2 rings (SSSR count). The van der Waals surface area contributed by atoms with Gasteiger partial charge in [-0.25, -0.2) is 0 Å². The molecule has 0 spiro atoms. The Morgan fingerprint density at radius 3 is 2.27 bits per heavy atom. The van der Waals surface area contributed by atoms with Gasteiger partial charge in [0.2, 0.25) is 5.91 Å². The van der Waals surface area contributed by atoms with Crippen LogP contribution in [-0.4, -0.2) is 13.0 Å². The van der Waals surface area contributed by atoms with E-state index in [-0.39, 0.29) is 5.91 Å². The van der Waals surface area contributed by atoms with Crippen molar-refractivity contribution >= 4 is 23.2 Å². The third kappa shape index (κ3) is 3.97. The van der Waals surface area contributed by atoms with Crippen LogP contribution in [0.2, 0.25) is 0 Å². The van der Waals surface area contributed by atoms with Gasteiger partial charge in [0.05, 0.1) is 18.8 Å². The first-order valence-electron chi connectivity index (χ1n) is 6.76. The summed E-state index contributed by atoms with van der Waals surface area (Å²) in [6.45, 7) is 1.46. The van der Waals surface area contributed by atoms with Crippen LogP contribution in [0.3, 0.4) is 0 Å². The fourth-order valence-corrected chi connectivity index (χ4v) is 1.98. The number of nitrogens with zero attached hydrogens (tertiary/aromatic N) is 1. The predicted octanol–water partition coefficient (Wildman–Crippen LogP) is 3.72. The summed E-state index contributed by atoms with van der Waals surface area (Å²) >= 11 is 0. The van der Waals surface area contributed by atoms with Gasteiger partial charge in [-0.3, -0.25) is 4.79 Å². The molecule has 0 aliphatic heterocycles. The molecule has 1 amide bonds. The maximum absolute atomic E-state index is 11.0. The Morgan fingerprint density at radius 2 is 1.77 bits per heavy atom. The molecule has 0 saturated carbocycles.